The lowest BCUT2D eigenvalue weighted by molar-refractivity contribution is -0.128. The van der Waals surface area contributed by atoms with Crippen LogP contribution in [0.25, 0.3) is 0 Å². The second kappa shape index (κ2) is 9.27. The average molecular weight is 355 g/mol. The molecule has 0 aliphatic heterocycles. The molecule has 0 spiro atoms. The molecular weight excluding hydrogens is 326 g/mol. The zero-order chi connectivity index (χ0) is 19.1. The molecule has 0 aliphatic carbocycles. The number of nitrogens with one attached hydrogen (secondary N) is 1. The Labute approximate surface area is 156 Å². The minimum absolute atomic E-state index is 0.102. The van der Waals surface area contributed by atoms with Crippen molar-refractivity contribution in [3.63, 3.8) is 0 Å². The van der Waals surface area contributed by atoms with Gasteiger partial charge in [-0.3, -0.25) is 4.79 Å². The third kappa shape index (κ3) is 5.01. The molecule has 0 fully saturated rings. The van der Waals surface area contributed by atoms with Crippen LogP contribution in [0.1, 0.15) is 49.9 Å². The van der Waals surface area contributed by atoms with E-state index in [4.69, 9.17) is 9.47 Å². The first-order chi connectivity index (χ1) is 12.5. The largest absolute Gasteiger partial charge is 0.494 e. The van der Waals surface area contributed by atoms with Crippen molar-refractivity contribution in [2.24, 2.45) is 0 Å². The van der Waals surface area contributed by atoms with Gasteiger partial charge in [0.1, 0.15) is 11.5 Å². The van der Waals surface area contributed by atoms with Crippen molar-refractivity contribution < 1.29 is 14.3 Å². The van der Waals surface area contributed by atoms with Crippen molar-refractivity contribution in [2.75, 3.05) is 6.61 Å². The van der Waals surface area contributed by atoms with E-state index in [1.807, 2.05) is 77.1 Å². The van der Waals surface area contributed by atoms with Crippen LogP contribution in [0.15, 0.2) is 42.5 Å². The summed E-state index contributed by atoms with van der Waals surface area (Å²) in [6.07, 6.45) is 0.0931. The van der Waals surface area contributed by atoms with Gasteiger partial charge in [-0.05, 0) is 69.0 Å². The molecule has 0 aliphatic rings. The molecule has 1 N–H and O–H groups in total. The van der Waals surface area contributed by atoms with Crippen LogP contribution in [-0.2, 0) is 4.79 Å². The summed E-state index contributed by atoms with van der Waals surface area (Å²) in [5.74, 6) is 1.50. The number of carbonyl (C=O) groups excluding carboxylic acids is 1. The van der Waals surface area contributed by atoms with E-state index >= 15 is 0 Å². The Morgan fingerprint density at radius 2 is 1.77 bits per heavy atom. The van der Waals surface area contributed by atoms with Gasteiger partial charge >= 0.3 is 0 Å². The van der Waals surface area contributed by atoms with Crippen molar-refractivity contribution >= 4 is 5.91 Å². The number of rotatable bonds is 8. The Morgan fingerprint density at radius 1 is 1.08 bits per heavy atom. The third-order valence-corrected chi connectivity index (χ3v) is 4.54. The molecule has 26 heavy (non-hydrogen) atoms. The van der Waals surface area contributed by atoms with Gasteiger partial charge in [0.2, 0.25) is 0 Å². The van der Waals surface area contributed by atoms with Gasteiger partial charge in [-0.1, -0.05) is 31.2 Å². The Hall–Kier alpha value is -2.49. The maximum absolute atomic E-state index is 12.7. The molecular formula is C22H29NO3. The van der Waals surface area contributed by atoms with Gasteiger partial charge < -0.3 is 14.8 Å². The van der Waals surface area contributed by atoms with Crippen LogP contribution in [-0.4, -0.2) is 18.6 Å². The molecule has 0 saturated carbocycles. The number of hydrogen-bond acceptors (Lipinski definition) is 3. The molecule has 2 rings (SSSR count). The first-order valence-electron chi connectivity index (χ1n) is 9.22. The van der Waals surface area contributed by atoms with Crippen molar-refractivity contribution in [1.29, 1.82) is 0 Å². The second-order valence-electron chi connectivity index (χ2n) is 6.45. The van der Waals surface area contributed by atoms with Crippen LogP contribution in [0, 0.1) is 13.8 Å². The zero-order valence-corrected chi connectivity index (χ0v) is 16.3. The summed E-state index contributed by atoms with van der Waals surface area (Å²) in [7, 11) is 0. The molecule has 2 unspecified atom stereocenters. The quantitative estimate of drug-likeness (QED) is 0.744. The standard InChI is InChI=1S/C22H29NO3/c1-6-20(26-21-10-8-9-15(3)16(21)4)22(24)23-17(5)18-11-13-19(14-12-18)25-7-2/h8-14,17,20H,6-7H2,1-5H3,(H,23,24). The van der Waals surface area contributed by atoms with E-state index in [1.165, 1.54) is 0 Å². The lowest BCUT2D eigenvalue weighted by Gasteiger charge is -2.22. The van der Waals surface area contributed by atoms with Gasteiger partial charge in [0.05, 0.1) is 12.6 Å². The maximum Gasteiger partial charge on any atom is 0.261 e. The van der Waals surface area contributed by atoms with Crippen molar-refractivity contribution in [3.8, 4) is 11.5 Å². The maximum atomic E-state index is 12.7. The minimum atomic E-state index is -0.513. The lowest BCUT2D eigenvalue weighted by atomic mass is 10.1. The predicted molar refractivity (Wildman–Crippen MR) is 105 cm³/mol. The monoisotopic (exact) mass is 355 g/mol. The molecule has 140 valence electrons. The topological polar surface area (TPSA) is 47.6 Å². The fourth-order valence-electron chi connectivity index (χ4n) is 2.74. The normalized spacial score (nSPS) is 13.0. The highest BCUT2D eigenvalue weighted by molar-refractivity contribution is 5.81. The number of aryl methyl sites for hydroxylation is 1. The smallest absolute Gasteiger partial charge is 0.261 e. The first-order valence-corrected chi connectivity index (χ1v) is 9.22. The zero-order valence-electron chi connectivity index (χ0n) is 16.3. The van der Waals surface area contributed by atoms with E-state index in [1.54, 1.807) is 0 Å². The van der Waals surface area contributed by atoms with E-state index < -0.39 is 6.10 Å². The van der Waals surface area contributed by atoms with Crippen LogP contribution in [0.5, 0.6) is 11.5 Å². The number of ether oxygens (including phenoxy) is 2. The predicted octanol–water partition coefficient (Wildman–Crippen LogP) is 4.74. The Balaban J connectivity index is 2.02. The average Bonchev–Trinajstić information content (AvgIpc) is 2.63. The Bertz CT molecular complexity index is 725. The SMILES string of the molecule is CCOc1ccc(C(C)NC(=O)C(CC)Oc2cccc(C)c2C)cc1. The Morgan fingerprint density at radius 3 is 2.38 bits per heavy atom. The molecule has 4 heteroatoms. The van der Waals surface area contributed by atoms with Crippen LogP contribution < -0.4 is 14.8 Å². The summed E-state index contributed by atoms with van der Waals surface area (Å²) >= 11 is 0. The molecule has 2 aromatic carbocycles. The number of benzene rings is 2. The first kappa shape index (κ1) is 19.8. The Kier molecular flexibility index (Phi) is 7.07. The summed E-state index contributed by atoms with van der Waals surface area (Å²) in [4.78, 5) is 12.7. The highest BCUT2D eigenvalue weighted by Crippen LogP contribution is 2.23. The molecule has 1 amide bonds. The van der Waals surface area contributed by atoms with Crippen molar-refractivity contribution in [2.45, 2.75) is 53.2 Å². The summed E-state index contributed by atoms with van der Waals surface area (Å²) < 4.78 is 11.4. The highest BCUT2D eigenvalue weighted by Gasteiger charge is 2.21. The molecule has 0 radical (unpaired) electrons. The molecule has 0 aromatic heterocycles. The molecule has 0 saturated heterocycles. The van der Waals surface area contributed by atoms with E-state index in [2.05, 4.69) is 5.32 Å². The lowest BCUT2D eigenvalue weighted by Crippen LogP contribution is -2.39. The fourth-order valence-corrected chi connectivity index (χ4v) is 2.74. The van der Waals surface area contributed by atoms with Gasteiger partial charge in [-0.15, -0.1) is 0 Å². The summed E-state index contributed by atoms with van der Waals surface area (Å²) in [6.45, 7) is 10.6. The number of hydrogen-bond donors (Lipinski definition) is 1. The van der Waals surface area contributed by atoms with E-state index in [9.17, 15) is 4.79 Å². The van der Waals surface area contributed by atoms with Crippen LogP contribution in [0.4, 0.5) is 0 Å². The molecule has 2 aromatic rings. The molecule has 0 bridgehead atoms. The molecule has 2 atom stereocenters. The fraction of sp³-hybridized carbons (Fsp3) is 0.409. The van der Waals surface area contributed by atoms with Crippen LogP contribution >= 0.6 is 0 Å². The summed E-state index contributed by atoms with van der Waals surface area (Å²) in [5.41, 5.74) is 3.25. The summed E-state index contributed by atoms with van der Waals surface area (Å²) in [6, 6.07) is 13.6. The van der Waals surface area contributed by atoms with Gasteiger partial charge in [0.15, 0.2) is 6.10 Å². The minimum Gasteiger partial charge on any atom is -0.494 e. The second-order valence-corrected chi connectivity index (χ2v) is 6.45. The van der Waals surface area contributed by atoms with Crippen LogP contribution in [0.2, 0.25) is 0 Å². The third-order valence-electron chi connectivity index (χ3n) is 4.54. The van der Waals surface area contributed by atoms with Gasteiger partial charge in [-0.2, -0.15) is 0 Å². The summed E-state index contributed by atoms with van der Waals surface area (Å²) in [5, 5.41) is 3.05. The number of carbonyl (C=O) groups is 1. The molecule has 4 nitrogen and oxygen atoms in total. The van der Waals surface area contributed by atoms with Crippen molar-refractivity contribution in [3.05, 3.63) is 59.2 Å². The van der Waals surface area contributed by atoms with E-state index in [0.29, 0.717) is 13.0 Å². The molecule has 0 heterocycles. The number of amides is 1. The van der Waals surface area contributed by atoms with Crippen molar-refractivity contribution in [1.82, 2.24) is 5.32 Å². The highest BCUT2D eigenvalue weighted by atomic mass is 16.5. The van der Waals surface area contributed by atoms with Gasteiger partial charge in [0.25, 0.3) is 5.91 Å². The van der Waals surface area contributed by atoms with Gasteiger partial charge in [0, 0.05) is 0 Å². The van der Waals surface area contributed by atoms with E-state index in [0.717, 1.165) is 28.2 Å². The van der Waals surface area contributed by atoms with E-state index in [-0.39, 0.29) is 11.9 Å². The van der Waals surface area contributed by atoms with Gasteiger partial charge in [-0.25, -0.2) is 0 Å². The van der Waals surface area contributed by atoms with Crippen LogP contribution in [0.3, 0.4) is 0 Å².